The lowest BCUT2D eigenvalue weighted by molar-refractivity contribution is -0.135. The third kappa shape index (κ3) is 3.19. The number of anilines is 1. The Morgan fingerprint density at radius 3 is 2.67 bits per heavy atom. The monoisotopic (exact) mass is 297 g/mol. The molecular weight excluding hydrogens is 276 g/mol. The second-order valence-electron chi connectivity index (χ2n) is 6.06. The lowest BCUT2D eigenvalue weighted by Crippen LogP contribution is -2.47. The van der Waals surface area contributed by atoms with Gasteiger partial charge in [0.05, 0.1) is 11.3 Å². The zero-order valence-corrected chi connectivity index (χ0v) is 12.3. The van der Waals surface area contributed by atoms with Crippen molar-refractivity contribution < 1.29 is 18.3 Å². The summed E-state index contributed by atoms with van der Waals surface area (Å²) in [7, 11) is 0. The molecule has 1 atom stereocenters. The highest BCUT2D eigenvalue weighted by Gasteiger charge is 2.39. The van der Waals surface area contributed by atoms with E-state index in [4.69, 9.17) is 9.47 Å². The van der Waals surface area contributed by atoms with Crippen LogP contribution in [0.15, 0.2) is 12.1 Å². The molecule has 2 fully saturated rings. The third-order valence-corrected chi connectivity index (χ3v) is 4.50. The van der Waals surface area contributed by atoms with Crippen LogP contribution in [0.1, 0.15) is 31.2 Å². The smallest absolute Gasteiger partial charge is 0.146 e. The highest BCUT2D eigenvalue weighted by atomic mass is 19.1. The first-order chi connectivity index (χ1) is 10.1. The fourth-order valence-electron chi connectivity index (χ4n) is 3.22. The summed E-state index contributed by atoms with van der Waals surface area (Å²) in [5.41, 5.74) is 0.409. The van der Waals surface area contributed by atoms with Crippen LogP contribution in [0.25, 0.3) is 0 Å². The van der Waals surface area contributed by atoms with Crippen molar-refractivity contribution in [2.45, 2.75) is 44.2 Å². The second-order valence-corrected chi connectivity index (χ2v) is 6.06. The maximum atomic E-state index is 13.9. The van der Waals surface area contributed by atoms with Gasteiger partial charge in [-0.3, -0.25) is 0 Å². The highest BCUT2D eigenvalue weighted by molar-refractivity contribution is 5.47. The zero-order valence-electron chi connectivity index (χ0n) is 12.3. The Hall–Kier alpha value is -1.20. The third-order valence-electron chi connectivity index (χ3n) is 4.50. The van der Waals surface area contributed by atoms with Crippen LogP contribution in [0.3, 0.4) is 0 Å². The van der Waals surface area contributed by atoms with E-state index >= 15 is 0 Å². The largest absolute Gasteiger partial charge is 0.381 e. The van der Waals surface area contributed by atoms with E-state index < -0.39 is 5.82 Å². The van der Waals surface area contributed by atoms with Crippen molar-refractivity contribution in [3.8, 4) is 0 Å². The zero-order chi connectivity index (χ0) is 14.9. The van der Waals surface area contributed by atoms with Gasteiger partial charge in [-0.2, -0.15) is 0 Å². The molecule has 3 rings (SSSR count). The lowest BCUT2D eigenvalue weighted by Gasteiger charge is -2.43. The SMILES string of the molecule is Cc1cc(F)c(NC2CCOC3(CCOCC3)C2)cc1F. The number of hydrogen-bond acceptors (Lipinski definition) is 3. The van der Waals surface area contributed by atoms with Crippen LogP contribution in [-0.2, 0) is 9.47 Å². The molecule has 3 nitrogen and oxygen atoms in total. The number of rotatable bonds is 2. The fourth-order valence-corrected chi connectivity index (χ4v) is 3.22. The van der Waals surface area contributed by atoms with Crippen molar-refractivity contribution >= 4 is 5.69 Å². The average Bonchev–Trinajstić information content (AvgIpc) is 2.46. The molecule has 2 aliphatic rings. The van der Waals surface area contributed by atoms with Crippen molar-refractivity contribution in [2.24, 2.45) is 0 Å². The first-order valence-electron chi connectivity index (χ1n) is 7.52. The molecule has 0 radical (unpaired) electrons. The first-order valence-corrected chi connectivity index (χ1v) is 7.52. The van der Waals surface area contributed by atoms with Crippen LogP contribution in [-0.4, -0.2) is 31.5 Å². The first kappa shape index (κ1) is 14.7. The van der Waals surface area contributed by atoms with Crippen molar-refractivity contribution in [1.82, 2.24) is 0 Å². The van der Waals surface area contributed by atoms with Gasteiger partial charge in [-0.25, -0.2) is 8.78 Å². The van der Waals surface area contributed by atoms with Gasteiger partial charge in [0.25, 0.3) is 0 Å². The fraction of sp³-hybridized carbons (Fsp3) is 0.625. The van der Waals surface area contributed by atoms with Gasteiger partial charge in [-0.15, -0.1) is 0 Å². The summed E-state index contributed by atoms with van der Waals surface area (Å²) in [5.74, 6) is -0.784. The topological polar surface area (TPSA) is 30.5 Å². The quantitative estimate of drug-likeness (QED) is 0.907. The van der Waals surface area contributed by atoms with Crippen LogP contribution in [0, 0.1) is 18.6 Å². The molecule has 0 bridgehead atoms. The molecule has 2 heterocycles. The van der Waals surface area contributed by atoms with Crippen molar-refractivity contribution in [2.75, 3.05) is 25.1 Å². The molecule has 2 aliphatic heterocycles. The van der Waals surface area contributed by atoms with Gasteiger partial charge < -0.3 is 14.8 Å². The lowest BCUT2D eigenvalue weighted by atomic mass is 9.84. The van der Waals surface area contributed by atoms with Crippen LogP contribution < -0.4 is 5.32 Å². The van der Waals surface area contributed by atoms with Crippen molar-refractivity contribution in [3.63, 3.8) is 0 Å². The van der Waals surface area contributed by atoms with Gasteiger partial charge in [0.15, 0.2) is 0 Å². The summed E-state index contributed by atoms with van der Waals surface area (Å²) in [6.45, 7) is 3.63. The predicted molar refractivity (Wildman–Crippen MR) is 76.5 cm³/mol. The van der Waals surface area contributed by atoms with Crippen molar-refractivity contribution in [3.05, 3.63) is 29.3 Å². The molecule has 0 aromatic heterocycles. The van der Waals surface area contributed by atoms with E-state index in [9.17, 15) is 8.78 Å². The minimum absolute atomic E-state index is 0.105. The molecule has 0 saturated carbocycles. The van der Waals surface area contributed by atoms with Gasteiger partial charge in [0.2, 0.25) is 0 Å². The van der Waals surface area contributed by atoms with Crippen LogP contribution in [0.4, 0.5) is 14.5 Å². The number of nitrogens with one attached hydrogen (secondary N) is 1. The second kappa shape index (κ2) is 5.89. The summed E-state index contributed by atoms with van der Waals surface area (Å²) in [4.78, 5) is 0. The molecular formula is C16H21F2NO2. The minimum Gasteiger partial charge on any atom is -0.381 e. The molecule has 1 unspecified atom stereocenters. The Morgan fingerprint density at radius 1 is 1.14 bits per heavy atom. The number of ether oxygens (including phenoxy) is 2. The standard InChI is InChI=1S/C16H21F2NO2/c1-11-8-14(18)15(9-13(11)17)19-12-2-5-21-16(10-12)3-6-20-7-4-16/h8-9,12,19H,2-7,10H2,1H3. The minimum atomic E-state index is -0.401. The molecule has 5 heteroatoms. The molecule has 21 heavy (non-hydrogen) atoms. The Balaban J connectivity index is 1.71. The molecule has 116 valence electrons. The normalized spacial score (nSPS) is 25.0. The summed E-state index contributed by atoms with van der Waals surface area (Å²) in [6.07, 6.45) is 3.36. The maximum absolute atomic E-state index is 13.9. The Morgan fingerprint density at radius 2 is 1.90 bits per heavy atom. The van der Waals surface area contributed by atoms with Gasteiger partial charge in [-0.05, 0) is 44.2 Å². The van der Waals surface area contributed by atoms with E-state index in [1.165, 1.54) is 12.1 Å². The number of aryl methyl sites for hydroxylation is 1. The number of hydrogen-bond donors (Lipinski definition) is 1. The molecule has 1 aromatic rings. The Bertz CT molecular complexity index is 510. The summed E-state index contributed by atoms with van der Waals surface area (Å²) >= 11 is 0. The molecule has 2 saturated heterocycles. The van der Waals surface area contributed by atoms with Gasteiger partial charge >= 0.3 is 0 Å². The molecule has 1 N–H and O–H groups in total. The molecule has 0 aliphatic carbocycles. The molecule has 1 spiro atoms. The van der Waals surface area contributed by atoms with Crippen LogP contribution >= 0.6 is 0 Å². The number of halogens is 2. The van der Waals surface area contributed by atoms with Gasteiger partial charge in [0, 0.05) is 31.9 Å². The Kier molecular flexibility index (Phi) is 4.13. The van der Waals surface area contributed by atoms with E-state index in [0.717, 1.165) is 25.7 Å². The average molecular weight is 297 g/mol. The molecule has 1 aromatic carbocycles. The highest BCUT2D eigenvalue weighted by Crippen LogP contribution is 2.35. The van der Waals surface area contributed by atoms with E-state index in [1.54, 1.807) is 6.92 Å². The van der Waals surface area contributed by atoms with Gasteiger partial charge in [-0.1, -0.05) is 0 Å². The summed E-state index contributed by atoms with van der Waals surface area (Å²) in [5, 5.41) is 3.15. The van der Waals surface area contributed by atoms with Crippen molar-refractivity contribution in [1.29, 1.82) is 0 Å². The van der Waals surface area contributed by atoms with E-state index in [1.807, 2.05) is 0 Å². The Labute approximate surface area is 123 Å². The van der Waals surface area contributed by atoms with E-state index in [0.29, 0.717) is 25.4 Å². The van der Waals surface area contributed by atoms with Crippen LogP contribution in [0.2, 0.25) is 0 Å². The maximum Gasteiger partial charge on any atom is 0.146 e. The van der Waals surface area contributed by atoms with Crippen LogP contribution in [0.5, 0.6) is 0 Å². The predicted octanol–water partition coefficient (Wildman–Crippen LogP) is 3.41. The summed E-state index contributed by atoms with van der Waals surface area (Å²) < 4.78 is 38.9. The van der Waals surface area contributed by atoms with Gasteiger partial charge in [0.1, 0.15) is 11.6 Å². The van der Waals surface area contributed by atoms with E-state index in [-0.39, 0.29) is 23.1 Å². The van der Waals surface area contributed by atoms with E-state index in [2.05, 4.69) is 5.32 Å². The number of benzene rings is 1. The summed E-state index contributed by atoms with van der Waals surface area (Å²) in [6, 6.07) is 2.59. The molecule has 0 amide bonds.